The van der Waals surface area contributed by atoms with E-state index < -0.39 is 0 Å². The van der Waals surface area contributed by atoms with Gasteiger partial charge in [0.15, 0.2) is 0 Å². The maximum absolute atomic E-state index is 5.97. The first kappa shape index (κ1) is 12.7. The summed E-state index contributed by atoms with van der Waals surface area (Å²) >= 11 is 5.97. The van der Waals surface area contributed by atoms with Gasteiger partial charge in [-0.2, -0.15) is 10.2 Å². The molecule has 1 aromatic rings. The number of hydrogen-bond acceptors (Lipinski definition) is 2. The van der Waals surface area contributed by atoms with Gasteiger partial charge < -0.3 is 0 Å². The molecule has 0 atom stereocenters. The van der Waals surface area contributed by atoms with Gasteiger partial charge in [-0.05, 0) is 42.2 Å². The lowest BCUT2D eigenvalue weighted by Gasteiger charge is -2.08. The maximum atomic E-state index is 5.97. The lowest BCUT2D eigenvalue weighted by molar-refractivity contribution is 1.13. The van der Waals surface area contributed by atoms with Crippen molar-refractivity contribution in [1.82, 2.24) is 0 Å². The first-order chi connectivity index (χ1) is 7.72. The first-order valence-corrected chi connectivity index (χ1v) is 5.54. The van der Waals surface area contributed by atoms with Gasteiger partial charge in [-0.15, -0.1) is 0 Å². The lowest BCUT2D eigenvalue weighted by atomic mass is 9.98. The first-order valence-electron chi connectivity index (χ1n) is 5.17. The Bertz CT molecular complexity index is 434. The van der Waals surface area contributed by atoms with E-state index >= 15 is 0 Å². The number of benzene rings is 1. The molecular formula is C13H15ClN2. The van der Waals surface area contributed by atoms with Crippen molar-refractivity contribution in [2.75, 3.05) is 0 Å². The largest absolute Gasteiger partial charge is 0.167 e. The molecule has 84 valence electrons. The Hall–Kier alpha value is -1.41. The number of allylic oxidation sites excluding steroid dienone is 2. The molecule has 0 bridgehead atoms. The highest BCUT2D eigenvalue weighted by Gasteiger charge is 2.04. The third-order valence-electron chi connectivity index (χ3n) is 2.35. The Kier molecular flexibility index (Phi) is 4.93. The Labute approximate surface area is 101 Å². The number of rotatable bonds is 4. The Morgan fingerprint density at radius 2 is 2.25 bits per heavy atom. The normalized spacial score (nSPS) is 12.1. The smallest absolute Gasteiger partial charge is 0.0570 e. The summed E-state index contributed by atoms with van der Waals surface area (Å²) < 4.78 is 0. The van der Waals surface area contributed by atoms with Crippen LogP contribution in [0.25, 0.3) is 5.57 Å². The molecule has 0 aliphatic carbocycles. The standard InChI is InChI=1S/C13H15ClN2/c1-4-10-8-12(14)6-7-13(10)11(5-2)9-16-15-3/h5-9H,3-4H2,1-2H3/b11-5+,16-9-. The second-order valence-electron chi connectivity index (χ2n) is 3.29. The van der Waals surface area contributed by atoms with E-state index in [2.05, 4.69) is 23.8 Å². The molecular weight excluding hydrogens is 220 g/mol. The van der Waals surface area contributed by atoms with Gasteiger partial charge in [0.25, 0.3) is 0 Å². The van der Waals surface area contributed by atoms with E-state index in [1.54, 1.807) is 6.21 Å². The van der Waals surface area contributed by atoms with Crippen LogP contribution in [0.15, 0.2) is 34.5 Å². The van der Waals surface area contributed by atoms with Crippen LogP contribution in [0.5, 0.6) is 0 Å². The van der Waals surface area contributed by atoms with Crippen LogP contribution in [0.4, 0.5) is 0 Å². The summed E-state index contributed by atoms with van der Waals surface area (Å²) in [4.78, 5) is 0. The van der Waals surface area contributed by atoms with Crippen molar-refractivity contribution in [2.24, 2.45) is 10.2 Å². The molecule has 0 fully saturated rings. The molecule has 1 rings (SSSR count). The minimum absolute atomic E-state index is 0.759. The number of halogens is 1. The van der Waals surface area contributed by atoms with E-state index in [0.717, 1.165) is 22.6 Å². The third kappa shape index (κ3) is 3.04. The molecule has 0 aliphatic heterocycles. The highest BCUT2D eigenvalue weighted by molar-refractivity contribution is 6.30. The van der Waals surface area contributed by atoms with Gasteiger partial charge in [0.2, 0.25) is 0 Å². The van der Waals surface area contributed by atoms with E-state index in [0.29, 0.717) is 0 Å². The molecule has 3 heteroatoms. The van der Waals surface area contributed by atoms with E-state index in [4.69, 9.17) is 11.6 Å². The minimum atomic E-state index is 0.759. The summed E-state index contributed by atoms with van der Waals surface area (Å²) in [6.45, 7) is 7.39. The van der Waals surface area contributed by atoms with Crippen molar-refractivity contribution in [3.8, 4) is 0 Å². The number of aryl methyl sites for hydroxylation is 1. The molecule has 0 radical (unpaired) electrons. The fourth-order valence-electron chi connectivity index (χ4n) is 1.54. The van der Waals surface area contributed by atoms with Gasteiger partial charge in [0.1, 0.15) is 0 Å². The fourth-order valence-corrected chi connectivity index (χ4v) is 1.73. The average molecular weight is 235 g/mol. The zero-order chi connectivity index (χ0) is 12.0. The number of nitrogens with zero attached hydrogens (tertiary/aromatic N) is 2. The second-order valence-corrected chi connectivity index (χ2v) is 3.72. The molecule has 0 aliphatic rings. The molecule has 16 heavy (non-hydrogen) atoms. The minimum Gasteiger partial charge on any atom is -0.167 e. The van der Waals surface area contributed by atoms with Crippen molar-refractivity contribution in [3.05, 3.63) is 40.4 Å². The van der Waals surface area contributed by atoms with Gasteiger partial charge in [-0.3, -0.25) is 0 Å². The molecule has 1 aromatic carbocycles. The summed E-state index contributed by atoms with van der Waals surface area (Å²) in [6.07, 6.45) is 4.63. The molecule has 0 saturated carbocycles. The Balaban J connectivity index is 3.20. The van der Waals surface area contributed by atoms with Gasteiger partial charge in [-0.1, -0.05) is 30.7 Å². The molecule has 0 saturated heterocycles. The van der Waals surface area contributed by atoms with Crippen molar-refractivity contribution in [3.63, 3.8) is 0 Å². The molecule has 0 amide bonds. The predicted molar refractivity (Wildman–Crippen MR) is 72.5 cm³/mol. The number of hydrogen-bond donors (Lipinski definition) is 0. The van der Waals surface area contributed by atoms with Crippen LogP contribution in [0, 0.1) is 0 Å². The Morgan fingerprint density at radius 3 is 2.81 bits per heavy atom. The zero-order valence-electron chi connectivity index (χ0n) is 9.57. The summed E-state index contributed by atoms with van der Waals surface area (Å²) in [5, 5.41) is 8.04. The van der Waals surface area contributed by atoms with Crippen LogP contribution in [-0.2, 0) is 6.42 Å². The summed E-state index contributed by atoms with van der Waals surface area (Å²) in [5.74, 6) is 0. The zero-order valence-corrected chi connectivity index (χ0v) is 10.3. The molecule has 2 nitrogen and oxygen atoms in total. The highest BCUT2D eigenvalue weighted by Crippen LogP contribution is 2.22. The van der Waals surface area contributed by atoms with Crippen molar-refractivity contribution >= 4 is 30.1 Å². The quantitative estimate of drug-likeness (QED) is 0.556. The van der Waals surface area contributed by atoms with E-state index in [9.17, 15) is 0 Å². The van der Waals surface area contributed by atoms with Crippen molar-refractivity contribution in [2.45, 2.75) is 20.3 Å². The van der Waals surface area contributed by atoms with Gasteiger partial charge >= 0.3 is 0 Å². The van der Waals surface area contributed by atoms with E-state index in [1.807, 2.05) is 31.2 Å². The topological polar surface area (TPSA) is 24.7 Å². The highest BCUT2D eigenvalue weighted by atomic mass is 35.5. The van der Waals surface area contributed by atoms with Crippen LogP contribution in [-0.4, -0.2) is 12.9 Å². The molecule has 0 heterocycles. The van der Waals surface area contributed by atoms with E-state index in [1.165, 1.54) is 5.56 Å². The molecule has 0 spiro atoms. The fraction of sp³-hybridized carbons (Fsp3) is 0.231. The predicted octanol–water partition coefficient (Wildman–Crippen LogP) is 3.99. The van der Waals surface area contributed by atoms with E-state index in [-0.39, 0.29) is 0 Å². The summed E-state index contributed by atoms with van der Waals surface area (Å²) in [6, 6.07) is 5.87. The molecule has 0 aromatic heterocycles. The van der Waals surface area contributed by atoms with Gasteiger partial charge in [-0.25, -0.2) is 0 Å². The van der Waals surface area contributed by atoms with Crippen LogP contribution < -0.4 is 0 Å². The molecule has 0 N–H and O–H groups in total. The molecule has 0 unspecified atom stereocenters. The van der Waals surface area contributed by atoms with Crippen LogP contribution in [0.1, 0.15) is 25.0 Å². The van der Waals surface area contributed by atoms with Crippen LogP contribution in [0.2, 0.25) is 5.02 Å². The van der Waals surface area contributed by atoms with Crippen LogP contribution in [0.3, 0.4) is 0 Å². The summed E-state index contributed by atoms with van der Waals surface area (Å²) in [7, 11) is 0. The average Bonchev–Trinajstić information content (AvgIpc) is 2.31. The monoisotopic (exact) mass is 234 g/mol. The third-order valence-corrected chi connectivity index (χ3v) is 2.58. The van der Waals surface area contributed by atoms with Crippen molar-refractivity contribution in [1.29, 1.82) is 0 Å². The Morgan fingerprint density at radius 1 is 1.50 bits per heavy atom. The van der Waals surface area contributed by atoms with Crippen molar-refractivity contribution < 1.29 is 0 Å². The summed E-state index contributed by atoms with van der Waals surface area (Å²) in [5.41, 5.74) is 3.37. The maximum Gasteiger partial charge on any atom is 0.0570 e. The lowest BCUT2D eigenvalue weighted by Crippen LogP contribution is -1.93. The second kappa shape index (κ2) is 6.23. The van der Waals surface area contributed by atoms with Gasteiger partial charge in [0.05, 0.1) is 6.21 Å². The SMILES string of the molecule is C=N/N=C\C(=C/C)c1ccc(Cl)cc1CC. The van der Waals surface area contributed by atoms with Crippen LogP contribution >= 0.6 is 11.6 Å². The van der Waals surface area contributed by atoms with Gasteiger partial charge in [0, 0.05) is 11.7 Å².